The molecular formula is C17H32O4. The van der Waals surface area contributed by atoms with Gasteiger partial charge in [0.2, 0.25) is 0 Å². The van der Waals surface area contributed by atoms with Gasteiger partial charge in [-0.3, -0.25) is 9.59 Å². The van der Waals surface area contributed by atoms with Gasteiger partial charge in [-0.2, -0.15) is 0 Å². The van der Waals surface area contributed by atoms with Crippen molar-refractivity contribution in [3.63, 3.8) is 0 Å². The van der Waals surface area contributed by atoms with Crippen LogP contribution in [0.2, 0.25) is 0 Å². The highest BCUT2D eigenvalue weighted by molar-refractivity contribution is 5.70. The fourth-order valence-electron chi connectivity index (χ4n) is 1.97. The lowest BCUT2D eigenvalue weighted by atomic mass is 10.1. The Balaban J connectivity index is 3.29. The van der Waals surface area contributed by atoms with E-state index in [9.17, 15) is 9.59 Å². The predicted octanol–water partition coefficient (Wildman–Crippen LogP) is 4.40. The number of rotatable bonds is 14. The molecule has 0 saturated carbocycles. The molecule has 0 aromatic carbocycles. The highest BCUT2D eigenvalue weighted by Gasteiger charge is 2.05. The lowest BCUT2D eigenvalue weighted by Gasteiger charge is -2.05. The maximum atomic E-state index is 11.5. The van der Waals surface area contributed by atoms with Crippen LogP contribution >= 0.6 is 0 Å². The van der Waals surface area contributed by atoms with Crippen molar-refractivity contribution in [1.82, 2.24) is 0 Å². The third-order valence-electron chi connectivity index (χ3n) is 3.24. The second-order valence-electron chi connectivity index (χ2n) is 5.42. The van der Waals surface area contributed by atoms with Crippen LogP contribution in [0.5, 0.6) is 0 Å². The van der Waals surface area contributed by atoms with Crippen LogP contribution in [0.4, 0.5) is 0 Å². The van der Waals surface area contributed by atoms with Crippen LogP contribution in [-0.2, 0) is 19.1 Å². The zero-order valence-corrected chi connectivity index (χ0v) is 13.8. The molecule has 0 N–H and O–H groups in total. The van der Waals surface area contributed by atoms with Gasteiger partial charge in [0.1, 0.15) is 0 Å². The van der Waals surface area contributed by atoms with Crippen molar-refractivity contribution in [2.45, 2.75) is 84.5 Å². The number of carbonyl (C=O) groups excluding carboxylic acids is 2. The van der Waals surface area contributed by atoms with Crippen molar-refractivity contribution >= 4 is 11.9 Å². The normalized spacial score (nSPS) is 10.4. The molecule has 0 amide bonds. The Morgan fingerprint density at radius 1 is 0.619 bits per heavy atom. The van der Waals surface area contributed by atoms with Crippen molar-refractivity contribution in [1.29, 1.82) is 0 Å². The topological polar surface area (TPSA) is 52.6 Å². The Hall–Kier alpha value is -1.06. The molecule has 0 unspecified atom stereocenters. The monoisotopic (exact) mass is 300 g/mol. The van der Waals surface area contributed by atoms with Crippen molar-refractivity contribution in [3.8, 4) is 0 Å². The highest BCUT2D eigenvalue weighted by atomic mass is 16.5. The number of ether oxygens (including phenoxy) is 2. The number of hydrogen-bond donors (Lipinski definition) is 0. The van der Waals surface area contributed by atoms with Crippen LogP contribution in [-0.4, -0.2) is 25.2 Å². The summed E-state index contributed by atoms with van der Waals surface area (Å²) in [5.74, 6) is -0.317. The van der Waals surface area contributed by atoms with Crippen LogP contribution < -0.4 is 0 Å². The van der Waals surface area contributed by atoms with E-state index >= 15 is 0 Å². The zero-order valence-electron chi connectivity index (χ0n) is 13.8. The van der Waals surface area contributed by atoms with Gasteiger partial charge >= 0.3 is 11.9 Å². The minimum atomic E-state index is -0.169. The molecule has 0 saturated heterocycles. The minimum Gasteiger partial charge on any atom is -0.466 e. The average Bonchev–Trinajstić information content (AvgIpc) is 2.48. The van der Waals surface area contributed by atoms with Gasteiger partial charge in [0.05, 0.1) is 13.2 Å². The van der Waals surface area contributed by atoms with Gasteiger partial charge < -0.3 is 9.47 Å². The van der Waals surface area contributed by atoms with Crippen molar-refractivity contribution < 1.29 is 19.1 Å². The van der Waals surface area contributed by atoms with E-state index in [4.69, 9.17) is 9.47 Å². The molecule has 0 aliphatic heterocycles. The van der Waals surface area contributed by atoms with Gasteiger partial charge in [-0.25, -0.2) is 0 Å². The van der Waals surface area contributed by atoms with E-state index in [1.807, 2.05) is 6.92 Å². The molecule has 0 rings (SSSR count). The zero-order chi connectivity index (χ0) is 15.8. The molecule has 0 aromatic rings. The number of esters is 2. The summed E-state index contributed by atoms with van der Waals surface area (Å²) in [4.78, 5) is 22.7. The van der Waals surface area contributed by atoms with Crippen LogP contribution in [0, 0.1) is 0 Å². The number of hydrogen-bond acceptors (Lipinski definition) is 4. The van der Waals surface area contributed by atoms with Crippen LogP contribution in [0.15, 0.2) is 0 Å². The van der Waals surface area contributed by atoms with Crippen molar-refractivity contribution in [3.05, 3.63) is 0 Å². The lowest BCUT2D eigenvalue weighted by molar-refractivity contribution is -0.146. The summed E-state index contributed by atoms with van der Waals surface area (Å²) in [7, 11) is 0. The Labute approximate surface area is 129 Å². The van der Waals surface area contributed by atoms with E-state index in [1.165, 1.54) is 25.7 Å². The van der Waals surface area contributed by atoms with Gasteiger partial charge in [0, 0.05) is 12.8 Å². The molecule has 0 aliphatic rings. The second kappa shape index (κ2) is 15.3. The molecular weight excluding hydrogens is 268 g/mol. The molecule has 0 fully saturated rings. The maximum Gasteiger partial charge on any atom is 0.305 e. The van der Waals surface area contributed by atoms with E-state index in [0.717, 1.165) is 19.3 Å². The Kier molecular flexibility index (Phi) is 14.6. The minimum absolute atomic E-state index is 0.148. The quantitative estimate of drug-likeness (QED) is 0.352. The van der Waals surface area contributed by atoms with E-state index in [1.54, 1.807) is 0 Å². The maximum absolute atomic E-state index is 11.5. The molecule has 4 heteroatoms. The molecule has 0 heterocycles. The first-order chi connectivity index (χ1) is 10.2. The molecule has 0 spiro atoms. The van der Waals surface area contributed by atoms with Crippen molar-refractivity contribution in [2.75, 3.05) is 13.2 Å². The van der Waals surface area contributed by atoms with Crippen molar-refractivity contribution in [2.24, 2.45) is 0 Å². The summed E-state index contributed by atoms with van der Waals surface area (Å²) >= 11 is 0. The summed E-state index contributed by atoms with van der Waals surface area (Å²) < 4.78 is 10.1. The Morgan fingerprint density at radius 2 is 1.14 bits per heavy atom. The van der Waals surface area contributed by atoms with E-state index in [0.29, 0.717) is 38.9 Å². The average molecular weight is 300 g/mol. The Morgan fingerprint density at radius 3 is 1.71 bits per heavy atom. The molecule has 21 heavy (non-hydrogen) atoms. The fraction of sp³-hybridized carbons (Fsp3) is 0.882. The smallest absolute Gasteiger partial charge is 0.305 e. The van der Waals surface area contributed by atoms with E-state index in [2.05, 4.69) is 6.92 Å². The SMILES string of the molecule is CCCCCCCCOC(=O)CCCCC(=O)OCCC. The first kappa shape index (κ1) is 19.9. The first-order valence-electron chi connectivity index (χ1n) is 8.52. The molecule has 0 radical (unpaired) electrons. The second-order valence-corrected chi connectivity index (χ2v) is 5.42. The predicted molar refractivity (Wildman–Crippen MR) is 84.1 cm³/mol. The van der Waals surface area contributed by atoms with E-state index < -0.39 is 0 Å². The summed E-state index contributed by atoms with van der Waals surface area (Å²) in [5, 5.41) is 0. The van der Waals surface area contributed by atoms with E-state index in [-0.39, 0.29) is 11.9 Å². The standard InChI is InChI=1S/C17H32O4/c1-3-5-6-7-8-11-15-21-17(19)13-10-9-12-16(18)20-14-4-2/h3-15H2,1-2H3. The lowest BCUT2D eigenvalue weighted by Crippen LogP contribution is -2.07. The molecule has 0 aromatic heterocycles. The van der Waals surface area contributed by atoms with Crippen LogP contribution in [0.25, 0.3) is 0 Å². The Bertz CT molecular complexity index is 264. The third kappa shape index (κ3) is 15.2. The molecule has 0 aliphatic carbocycles. The molecule has 0 atom stereocenters. The summed E-state index contributed by atoms with van der Waals surface area (Å²) in [5.41, 5.74) is 0. The number of unbranched alkanes of at least 4 members (excludes halogenated alkanes) is 6. The van der Waals surface area contributed by atoms with Crippen LogP contribution in [0.3, 0.4) is 0 Å². The van der Waals surface area contributed by atoms with Gasteiger partial charge in [-0.05, 0) is 25.7 Å². The fourth-order valence-corrected chi connectivity index (χ4v) is 1.97. The summed E-state index contributed by atoms with van der Waals surface area (Å²) in [6, 6.07) is 0. The van der Waals surface area contributed by atoms with Crippen LogP contribution in [0.1, 0.15) is 84.5 Å². The van der Waals surface area contributed by atoms with Gasteiger partial charge in [-0.1, -0.05) is 46.0 Å². The third-order valence-corrected chi connectivity index (χ3v) is 3.24. The molecule has 0 bridgehead atoms. The molecule has 124 valence electrons. The molecule has 4 nitrogen and oxygen atoms in total. The van der Waals surface area contributed by atoms with Gasteiger partial charge in [-0.15, -0.1) is 0 Å². The highest BCUT2D eigenvalue weighted by Crippen LogP contribution is 2.06. The largest absolute Gasteiger partial charge is 0.466 e. The van der Waals surface area contributed by atoms with Gasteiger partial charge in [0.25, 0.3) is 0 Å². The number of carbonyl (C=O) groups is 2. The summed E-state index contributed by atoms with van der Waals surface area (Å²) in [6.07, 6.45) is 10.2. The first-order valence-corrected chi connectivity index (χ1v) is 8.52. The summed E-state index contributed by atoms with van der Waals surface area (Å²) in [6.45, 7) is 5.18. The van der Waals surface area contributed by atoms with Gasteiger partial charge in [0.15, 0.2) is 0 Å².